The maximum atomic E-state index is 11.9. The van der Waals surface area contributed by atoms with Crippen molar-refractivity contribution in [2.45, 2.75) is 26.4 Å². The number of benzene rings is 1. The van der Waals surface area contributed by atoms with E-state index in [1.165, 1.54) is 17.0 Å². The van der Waals surface area contributed by atoms with E-state index >= 15 is 0 Å². The van der Waals surface area contributed by atoms with Gasteiger partial charge < -0.3 is 57.0 Å². The van der Waals surface area contributed by atoms with Gasteiger partial charge in [-0.3, -0.25) is 10.1 Å². The van der Waals surface area contributed by atoms with E-state index in [-0.39, 0.29) is 11.8 Å². The summed E-state index contributed by atoms with van der Waals surface area (Å²) in [6.45, 7) is 14.5. The molecule has 278 valence electrons. The SMILES string of the molecule is CN(CCOCCOCCOCCOCCOCCOCCOCCOCCOCCOc1ccc([N+](=O)[O-])cc1)C(=O)OC(C)(C)C. The molecule has 1 aromatic carbocycles. The zero-order chi connectivity index (χ0) is 35.1. The highest BCUT2D eigenvalue weighted by Gasteiger charge is 2.19. The first kappa shape index (κ1) is 43.4. The maximum Gasteiger partial charge on any atom is 0.410 e. The van der Waals surface area contributed by atoms with Crippen LogP contribution in [0.25, 0.3) is 0 Å². The number of nitrogens with zero attached hydrogens (tertiary/aromatic N) is 2. The van der Waals surface area contributed by atoms with Crippen molar-refractivity contribution in [2.75, 3.05) is 139 Å². The summed E-state index contributed by atoms with van der Waals surface area (Å²) in [6, 6.07) is 5.90. The van der Waals surface area contributed by atoms with Crippen LogP contribution in [0.3, 0.4) is 0 Å². The lowest BCUT2D eigenvalue weighted by Gasteiger charge is -2.24. The van der Waals surface area contributed by atoms with Gasteiger partial charge in [0.1, 0.15) is 18.0 Å². The third kappa shape index (κ3) is 27.3. The second-order valence-electron chi connectivity index (χ2n) is 11.0. The molecule has 16 nitrogen and oxygen atoms in total. The first-order valence-electron chi connectivity index (χ1n) is 16.2. The monoisotopic (exact) mass is 692 g/mol. The van der Waals surface area contributed by atoms with Crippen LogP contribution >= 0.6 is 0 Å². The van der Waals surface area contributed by atoms with E-state index in [9.17, 15) is 14.9 Å². The molecule has 1 amide bonds. The van der Waals surface area contributed by atoms with E-state index in [1.807, 2.05) is 20.8 Å². The zero-order valence-electron chi connectivity index (χ0n) is 29.1. The third-order valence-electron chi connectivity index (χ3n) is 5.80. The van der Waals surface area contributed by atoms with Gasteiger partial charge in [0.15, 0.2) is 0 Å². The Morgan fingerprint density at radius 3 is 1.21 bits per heavy atom. The van der Waals surface area contributed by atoms with Gasteiger partial charge in [-0.25, -0.2) is 4.79 Å². The minimum atomic E-state index is -0.516. The Labute approximate surface area is 284 Å². The predicted octanol–water partition coefficient (Wildman–Crippen LogP) is 2.99. The molecular formula is C32H56N2O14. The number of rotatable bonds is 32. The number of non-ortho nitro benzene ring substituents is 1. The smallest absolute Gasteiger partial charge is 0.410 e. The van der Waals surface area contributed by atoms with Crippen molar-refractivity contribution in [1.29, 1.82) is 0 Å². The number of nitro groups is 1. The van der Waals surface area contributed by atoms with Crippen molar-refractivity contribution in [3.8, 4) is 5.75 Å². The Hall–Kier alpha value is -2.67. The molecule has 48 heavy (non-hydrogen) atoms. The summed E-state index contributed by atoms with van der Waals surface area (Å²) in [5, 5.41) is 10.6. The maximum absolute atomic E-state index is 11.9. The van der Waals surface area contributed by atoms with Gasteiger partial charge in [0.25, 0.3) is 5.69 Å². The van der Waals surface area contributed by atoms with Crippen LogP contribution in [0.15, 0.2) is 24.3 Å². The van der Waals surface area contributed by atoms with Gasteiger partial charge in [-0.2, -0.15) is 0 Å². The summed E-state index contributed by atoms with van der Waals surface area (Å²) < 4.78 is 59.9. The Morgan fingerprint density at radius 1 is 0.583 bits per heavy atom. The molecule has 0 saturated heterocycles. The highest BCUT2D eigenvalue weighted by atomic mass is 16.6. The van der Waals surface area contributed by atoms with Crippen molar-refractivity contribution < 1.29 is 61.8 Å². The van der Waals surface area contributed by atoms with Gasteiger partial charge in [0, 0.05) is 25.7 Å². The van der Waals surface area contributed by atoms with Crippen molar-refractivity contribution >= 4 is 11.8 Å². The molecule has 0 heterocycles. The Morgan fingerprint density at radius 2 is 0.896 bits per heavy atom. The van der Waals surface area contributed by atoms with Gasteiger partial charge in [-0.15, -0.1) is 0 Å². The van der Waals surface area contributed by atoms with Crippen LogP contribution in [0, 0.1) is 10.1 Å². The quantitative estimate of drug-likeness (QED) is 0.0615. The number of carbonyl (C=O) groups excluding carboxylic acids is 1. The van der Waals surface area contributed by atoms with Crippen molar-refractivity contribution in [3.63, 3.8) is 0 Å². The largest absolute Gasteiger partial charge is 0.491 e. The first-order chi connectivity index (χ1) is 23.2. The van der Waals surface area contributed by atoms with Crippen LogP contribution < -0.4 is 4.74 Å². The Kier molecular flexibility index (Phi) is 26.4. The lowest BCUT2D eigenvalue weighted by atomic mass is 10.2. The lowest BCUT2D eigenvalue weighted by molar-refractivity contribution is -0.384. The zero-order valence-corrected chi connectivity index (χ0v) is 29.1. The molecule has 0 aromatic heterocycles. The van der Waals surface area contributed by atoms with Crippen LogP contribution in [-0.2, 0) is 47.4 Å². The second kappa shape index (κ2) is 29.3. The summed E-state index contributed by atoms with van der Waals surface area (Å²) in [5.41, 5.74) is -0.494. The molecular weight excluding hydrogens is 636 g/mol. The first-order valence-corrected chi connectivity index (χ1v) is 16.2. The molecule has 0 radical (unpaired) electrons. The van der Waals surface area contributed by atoms with Crippen LogP contribution in [0.4, 0.5) is 10.5 Å². The number of amides is 1. The molecule has 0 bridgehead atoms. The number of hydrogen-bond donors (Lipinski definition) is 0. The fourth-order valence-electron chi connectivity index (χ4n) is 3.38. The molecule has 1 rings (SSSR count). The van der Waals surface area contributed by atoms with Gasteiger partial charge >= 0.3 is 6.09 Å². The van der Waals surface area contributed by atoms with E-state index in [2.05, 4.69) is 0 Å². The number of nitro benzene ring substituents is 1. The molecule has 0 atom stereocenters. The molecule has 0 fully saturated rings. The highest BCUT2D eigenvalue weighted by Crippen LogP contribution is 2.17. The summed E-state index contributed by atoms with van der Waals surface area (Å²) in [6.07, 6.45) is -0.371. The average Bonchev–Trinajstić information content (AvgIpc) is 3.05. The standard InChI is InChI=1S/C32H56N2O14/c1-32(2,3)48-31(35)33(4)9-10-38-11-12-39-13-14-40-15-16-41-17-18-42-19-20-43-21-22-44-23-24-45-25-26-46-27-28-47-30-7-5-29(6-8-30)34(36)37/h5-8H,9-28H2,1-4H3. The lowest BCUT2D eigenvalue weighted by Crippen LogP contribution is -2.36. The normalized spacial score (nSPS) is 11.5. The summed E-state index contributed by atoms with van der Waals surface area (Å²) in [7, 11) is 1.68. The highest BCUT2D eigenvalue weighted by molar-refractivity contribution is 5.67. The average molecular weight is 693 g/mol. The van der Waals surface area contributed by atoms with Crippen molar-refractivity contribution in [3.05, 3.63) is 34.4 Å². The van der Waals surface area contributed by atoms with E-state index in [1.54, 1.807) is 19.2 Å². The van der Waals surface area contributed by atoms with Crippen LogP contribution in [0.1, 0.15) is 20.8 Å². The number of hydrogen-bond acceptors (Lipinski definition) is 14. The van der Waals surface area contributed by atoms with Crippen molar-refractivity contribution in [2.24, 2.45) is 0 Å². The van der Waals surface area contributed by atoms with Crippen molar-refractivity contribution in [1.82, 2.24) is 4.90 Å². The summed E-state index contributed by atoms with van der Waals surface area (Å²) in [5.74, 6) is 0.552. The molecule has 0 N–H and O–H groups in total. The summed E-state index contributed by atoms with van der Waals surface area (Å²) in [4.78, 5) is 23.5. The fourth-order valence-corrected chi connectivity index (χ4v) is 3.38. The van der Waals surface area contributed by atoms with E-state index in [4.69, 9.17) is 52.1 Å². The van der Waals surface area contributed by atoms with Gasteiger partial charge in [-0.1, -0.05) is 0 Å². The molecule has 0 spiro atoms. The van der Waals surface area contributed by atoms with Gasteiger partial charge in [-0.05, 0) is 32.9 Å². The second-order valence-corrected chi connectivity index (χ2v) is 11.0. The number of ether oxygens (including phenoxy) is 11. The minimum Gasteiger partial charge on any atom is -0.491 e. The van der Waals surface area contributed by atoms with Gasteiger partial charge in [0.2, 0.25) is 0 Å². The minimum absolute atomic E-state index is 0.0224. The van der Waals surface area contributed by atoms with Crippen LogP contribution in [-0.4, -0.2) is 161 Å². The molecule has 0 aliphatic heterocycles. The molecule has 0 aliphatic carbocycles. The van der Waals surface area contributed by atoms with Crippen LogP contribution in [0.5, 0.6) is 5.75 Å². The Bertz CT molecular complexity index is 917. The number of likely N-dealkylation sites (N-methyl/N-ethyl adjacent to an activating group) is 1. The van der Waals surface area contributed by atoms with E-state index in [0.717, 1.165) is 0 Å². The Balaban J connectivity index is 1.69. The van der Waals surface area contributed by atoms with Crippen LogP contribution in [0.2, 0.25) is 0 Å². The third-order valence-corrected chi connectivity index (χ3v) is 5.80. The number of carbonyl (C=O) groups is 1. The van der Waals surface area contributed by atoms with E-state index in [0.29, 0.717) is 138 Å². The summed E-state index contributed by atoms with van der Waals surface area (Å²) >= 11 is 0. The predicted molar refractivity (Wildman–Crippen MR) is 175 cm³/mol. The van der Waals surface area contributed by atoms with Gasteiger partial charge in [0.05, 0.1) is 124 Å². The molecule has 0 saturated carbocycles. The van der Waals surface area contributed by atoms with E-state index < -0.39 is 10.5 Å². The molecule has 16 heteroatoms. The fraction of sp³-hybridized carbons (Fsp3) is 0.781. The topological polar surface area (TPSA) is 165 Å². The molecule has 0 unspecified atom stereocenters. The molecule has 0 aliphatic rings. The molecule has 1 aromatic rings.